The van der Waals surface area contributed by atoms with Crippen LogP contribution in [0, 0.1) is 6.92 Å². The largest absolute Gasteiger partial charge is 0.490 e. The number of ether oxygens (including phenoxy) is 2. The zero-order valence-electron chi connectivity index (χ0n) is 12.6. The van der Waals surface area contributed by atoms with Crippen LogP contribution in [0.1, 0.15) is 17.9 Å². The molecule has 0 unspecified atom stereocenters. The summed E-state index contributed by atoms with van der Waals surface area (Å²) in [7, 11) is 0. The van der Waals surface area contributed by atoms with Crippen LogP contribution >= 0.6 is 11.6 Å². The number of anilines is 1. The first kappa shape index (κ1) is 15.5. The number of fused-ring (bicyclic) bond motifs is 1. The fourth-order valence-corrected chi connectivity index (χ4v) is 2.36. The van der Waals surface area contributed by atoms with Crippen LogP contribution < -0.4 is 14.8 Å². The fourth-order valence-electron chi connectivity index (χ4n) is 2.15. The highest BCUT2D eigenvalue weighted by Gasteiger charge is 2.15. The SMILES string of the molecule is Cc1ccc(C=CC(=O)Nc2cc3c(cc2Cl)OCCCO3)o1. The van der Waals surface area contributed by atoms with Crippen molar-refractivity contribution in [3.63, 3.8) is 0 Å². The second kappa shape index (κ2) is 6.79. The number of rotatable bonds is 3. The third kappa shape index (κ3) is 3.87. The van der Waals surface area contributed by atoms with Crippen molar-refractivity contribution in [1.29, 1.82) is 0 Å². The van der Waals surface area contributed by atoms with Gasteiger partial charge in [0.05, 0.1) is 23.9 Å². The first-order chi connectivity index (χ1) is 11.1. The lowest BCUT2D eigenvalue weighted by atomic mass is 10.2. The highest BCUT2D eigenvalue weighted by atomic mass is 35.5. The van der Waals surface area contributed by atoms with Gasteiger partial charge in [-0.1, -0.05) is 11.6 Å². The average molecular weight is 334 g/mol. The number of halogens is 1. The molecule has 1 aromatic heterocycles. The molecule has 1 amide bonds. The molecule has 6 heteroatoms. The Bertz CT molecular complexity index is 751. The Morgan fingerprint density at radius 3 is 2.65 bits per heavy atom. The summed E-state index contributed by atoms with van der Waals surface area (Å²) in [5.41, 5.74) is 0.473. The van der Waals surface area contributed by atoms with Crippen molar-refractivity contribution in [2.45, 2.75) is 13.3 Å². The molecule has 1 aliphatic rings. The monoisotopic (exact) mass is 333 g/mol. The van der Waals surface area contributed by atoms with Gasteiger partial charge in [0.25, 0.3) is 0 Å². The first-order valence-corrected chi connectivity index (χ1v) is 7.64. The van der Waals surface area contributed by atoms with E-state index in [1.165, 1.54) is 6.08 Å². The van der Waals surface area contributed by atoms with E-state index < -0.39 is 0 Å². The van der Waals surface area contributed by atoms with Crippen LogP contribution in [-0.2, 0) is 4.79 Å². The molecule has 0 spiro atoms. The van der Waals surface area contributed by atoms with Crippen molar-refractivity contribution in [1.82, 2.24) is 0 Å². The fraction of sp³-hybridized carbons (Fsp3) is 0.235. The van der Waals surface area contributed by atoms with Crippen molar-refractivity contribution in [3.05, 3.63) is 46.9 Å². The Kier molecular flexibility index (Phi) is 4.57. The van der Waals surface area contributed by atoms with Gasteiger partial charge in [0, 0.05) is 24.6 Å². The lowest BCUT2D eigenvalue weighted by Crippen LogP contribution is -2.08. The van der Waals surface area contributed by atoms with Crippen molar-refractivity contribution < 1.29 is 18.7 Å². The molecular weight excluding hydrogens is 318 g/mol. The number of nitrogens with one attached hydrogen (secondary N) is 1. The van der Waals surface area contributed by atoms with E-state index in [2.05, 4.69) is 5.32 Å². The lowest BCUT2D eigenvalue weighted by Gasteiger charge is -2.11. The van der Waals surface area contributed by atoms with Gasteiger partial charge in [-0.15, -0.1) is 0 Å². The van der Waals surface area contributed by atoms with Gasteiger partial charge in [-0.25, -0.2) is 0 Å². The number of amides is 1. The molecule has 120 valence electrons. The molecule has 0 saturated heterocycles. The molecule has 23 heavy (non-hydrogen) atoms. The molecule has 2 aromatic rings. The summed E-state index contributed by atoms with van der Waals surface area (Å²) in [4.78, 5) is 12.0. The summed E-state index contributed by atoms with van der Waals surface area (Å²) in [6.07, 6.45) is 3.79. The maximum absolute atomic E-state index is 12.0. The van der Waals surface area contributed by atoms with Gasteiger partial charge < -0.3 is 19.2 Å². The number of carbonyl (C=O) groups excluding carboxylic acids is 1. The molecule has 0 saturated carbocycles. The van der Waals surface area contributed by atoms with Crippen LogP contribution in [-0.4, -0.2) is 19.1 Å². The molecule has 0 aliphatic carbocycles. The second-order valence-electron chi connectivity index (χ2n) is 5.10. The van der Waals surface area contributed by atoms with Crippen LogP contribution in [0.4, 0.5) is 5.69 Å². The highest BCUT2D eigenvalue weighted by molar-refractivity contribution is 6.34. The van der Waals surface area contributed by atoms with Crippen molar-refractivity contribution in [2.75, 3.05) is 18.5 Å². The summed E-state index contributed by atoms with van der Waals surface area (Å²) in [6.45, 7) is 3.00. The summed E-state index contributed by atoms with van der Waals surface area (Å²) >= 11 is 6.19. The van der Waals surface area contributed by atoms with Gasteiger partial charge in [0.15, 0.2) is 11.5 Å². The Balaban J connectivity index is 1.73. The van der Waals surface area contributed by atoms with Crippen LogP contribution in [0.2, 0.25) is 5.02 Å². The van der Waals surface area contributed by atoms with E-state index in [0.29, 0.717) is 41.2 Å². The van der Waals surface area contributed by atoms with Crippen molar-refractivity contribution in [2.24, 2.45) is 0 Å². The molecule has 2 heterocycles. The molecule has 1 aromatic carbocycles. The number of hydrogen-bond acceptors (Lipinski definition) is 4. The predicted octanol–water partition coefficient (Wildman–Crippen LogP) is 4.05. The van der Waals surface area contributed by atoms with Gasteiger partial charge in [-0.2, -0.15) is 0 Å². The highest BCUT2D eigenvalue weighted by Crippen LogP contribution is 2.37. The van der Waals surface area contributed by atoms with Crippen LogP contribution in [0.15, 0.2) is 34.8 Å². The van der Waals surface area contributed by atoms with E-state index in [4.69, 9.17) is 25.5 Å². The number of carbonyl (C=O) groups is 1. The zero-order chi connectivity index (χ0) is 16.2. The van der Waals surface area contributed by atoms with E-state index >= 15 is 0 Å². The summed E-state index contributed by atoms with van der Waals surface area (Å²) in [5, 5.41) is 3.12. The third-order valence-electron chi connectivity index (χ3n) is 3.26. The molecular formula is C17H16ClNO4. The number of furan rings is 1. The lowest BCUT2D eigenvalue weighted by molar-refractivity contribution is -0.111. The van der Waals surface area contributed by atoms with Crippen molar-refractivity contribution in [3.8, 4) is 11.5 Å². The molecule has 0 fully saturated rings. The average Bonchev–Trinajstić information content (AvgIpc) is 2.80. The molecule has 5 nitrogen and oxygen atoms in total. The Hall–Kier alpha value is -2.40. The Morgan fingerprint density at radius 1 is 1.22 bits per heavy atom. The minimum atomic E-state index is -0.310. The normalized spacial score (nSPS) is 13.8. The maximum atomic E-state index is 12.0. The van der Waals surface area contributed by atoms with E-state index in [0.717, 1.165) is 12.2 Å². The number of benzene rings is 1. The summed E-state index contributed by atoms with van der Waals surface area (Å²) in [6, 6.07) is 6.95. The van der Waals surface area contributed by atoms with Crippen LogP contribution in [0.25, 0.3) is 6.08 Å². The van der Waals surface area contributed by atoms with Crippen molar-refractivity contribution >= 4 is 29.3 Å². The number of aryl methyl sites for hydroxylation is 1. The molecule has 3 rings (SSSR count). The van der Waals surface area contributed by atoms with Crippen LogP contribution in [0.5, 0.6) is 11.5 Å². The predicted molar refractivity (Wildman–Crippen MR) is 88.2 cm³/mol. The van der Waals surface area contributed by atoms with E-state index in [1.54, 1.807) is 24.3 Å². The second-order valence-corrected chi connectivity index (χ2v) is 5.51. The standard InChI is InChI=1S/C17H16ClNO4/c1-11-3-4-12(23-11)5-6-17(20)19-14-10-16-15(9-13(14)18)21-7-2-8-22-16/h3-6,9-10H,2,7-8H2,1H3,(H,19,20). The molecule has 1 aliphatic heterocycles. The zero-order valence-corrected chi connectivity index (χ0v) is 13.4. The van der Waals surface area contributed by atoms with Gasteiger partial charge in [0.2, 0.25) is 5.91 Å². The molecule has 0 atom stereocenters. The minimum absolute atomic E-state index is 0.310. The molecule has 1 N–H and O–H groups in total. The van der Waals surface area contributed by atoms with E-state index in [1.807, 2.05) is 13.0 Å². The van der Waals surface area contributed by atoms with E-state index in [9.17, 15) is 4.79 Å². The van der Waals surface area contributed by atoms with Gasteiger partial charge in [-0.3, -0.25) is 4.79 Å². The minimum Gasteiger partial charge on any atom is -0.490 e. The van der Waals surface area contributed by atoms with Gasteiger partial charge >= 0.3 is 0 Å². The topological polar surface area (TPSA) is 60.7 Å². The first-order valence-electron chi connectivity index (χ1n) is 7.26. The molecule has 0 bridgehead atoms. The summed E-state index contributed by atoms with van der Waals surface area (Å²) < 4.78 is 16.5. The number of hydrogen-bond donors (Lipinski definition) is 1. The van der Waals surface area contributed by atoms with Gasteiger partial charge in [-0.05, 0) is 25.1 Å². The molecule has 0 radical (unpaired) electrons. The quantitative estimate of drug-likeness (QED) is 0.861. The Labute approximate surface area is 138 Å². The van der Waals surface area contributed by atoms with Crippen LogP contribution in [0.3, 0.4) is 0 Å². The maximum Gasteiger partial charge on any atom is 0.248 e. The smallest absolute Gasteiger partial charge is 0.248 e. The summed E-state index contributed by atoms with van der Waals surface area (Å²) in [5.74, 6) is 2.26. The van der Waals surface area contributed by atoms with Gasteiger partial charge in [0.1, 0.15) is 11.5 Å². The van der Waals surface area contributed by atoms with E-state index in [-0.39, 0.29) is 5.91 Å². The Morgan fingerprint density at radius 2 is 1.96 bits per heavy atom. The third-order valence-corrected chi connectivity index (χ3v) is 3.57.